The zero-order valence-corrected chi connectivity index (χ0v) is 30.3. The number of esters is 1. The van der Waals surface area contributed by atoms with Crippen LogP contribution in [0.3, 0.4) is 0 Å². The van der Waals surface area contributed by atoms with Crippen molar-refractivity contribution in [3.63, 3.8) is 0 Å². The minimum atomic E-state index is -5.08. The molecule has 54 heavy (non-hydrogen) atoms. The number of ether oxygens (including phenoxy) is 2. The van der Waals surface area contributed by atoms with Crippen molar-refractivity contribution in [1.82, 2.24) is 34.5 Å². The van der Waals surface area contributed by atoms with E-state index in [0.29, 0.717) is 48.9 Å². The van der Waals surface area contributed by atoms with Crippen molar-refractivity contribution >= 4 is 40.7 Å². The summed E-state index contributed by atoms with van der Waals surface area (Å²) in [6.07, 6.45) is 4.07. The Bertz CT molecular complexity index is 1990. The summed E-state index contributed by atoms with van der Waals surface area (Å²) in [5.41, 5.74) is 5.16. The van der Waals surface area contributed by atoms with Crippen molar-refractivity contribution in [2.24, 2.45) is 0 Å². The highest BCUT2D eigenvalue weighted by atomic mass is 19.4. The molecule has 15 nitrogen and oxygen atoms in total. The summed E-state index contributed by atoms with van der Waals surface area (Å²) in [6.45, 7) is 9.84. The fourth-order valence-electron chi connectivity index (χ4n) is 5.17. The number of hydrogen-bond acceptors (Lipinski definition) is 11. The van der Waals surface area contributed by atoms with Gasteiger partial charge in [0.1, 0.15) is 11.6 Å². The molecule has 5 aromatic rings. The van der Waals surface area contributed by atoms with Crippen LogP contribution in [0.4, 0.5) is 29.6 Å². The highest BCUT2D eigenvalue weighted by Crippen LogP contribution is 2.24. The van der Waals surface area contributed by atoms with Gasteiger partial charge >= 0.3 is 24.2 Å². The van der Waals surface area contributed by atoms with Crippen molar-refractivity contribution < 1.29 is 42.1 Å². The number of halogens is 3. The van der Waals surface area contributed by atoms with Crippen molar-refractivity contribution in [2.75, 3.05) is 23.8 Å². The van der Waals surface area contributed by atoms with Crippen LogP contribution < -0.4 is 10.6 Å². The molecular formula is C36H42F3N9O6. The summed E-state index contributed by atoms with van der Waals surface area (Å²) >= 11 is 0. The van der Waals surface area contributed by atoms with E-state index in [2.05, 4.69) is 67.0 Å². The van der Waals surface area contributed by atoms with Gasteiger partial charge in [-0.15, -0.1) is 0 Å². The first kappa shape index (κ1) is 40.7. The average Bonchev–Trinajstić information content (AvgIpc) is 3.78. The Morgan fingerprint density at radius 3 is 2.20 bits per heavy atom. The smallest absolute Gasteiger partial charge is 0.475 e. The number of nitrogens with one attached hydrogen (secondary N) is 2. The van der Waals surface area contributed by atoms with Crippen LogP contribution in [0.15, 0.2) is 55.0 Å². The molecule has 0 saturated carbocycles. The number of carbonyl (C=O) groups is 3. The Hall–Kier alpha value is -6.07. The number of rotatable bonds is 15. The predicted octanol–water partition coefficient (Wildman–Crippen LogP) is 6.68. The Morgan fingerprint density at radius 2 is 1.61 bits per heavy atom. The first-order valence-corrected chi connectivity index (χ1v) is 17.2. The second-order valence-corrected chi connectivity index (χ2v) is 12.1. The molecule has 0 aliphatic carbocycles. The number of alkyl halides is 3. The van der Waals surface area contributed by atoms with Gasteiger partial charge in [-0.3, -0.25) is 14.7 Å². The molecule has 0 atom stereocenters. The van der Waals surface area contributed by atoms with E-state index in [-0.39, 0.29) is 12.4 Å². The van der Waals surface area contributed by atoms with Gasteiger partial charge in [0.2, 0.25) is 5.82 Å². The number of anilines is 2. The van der Waals surface area contributed by atoms with E-state index in [0.717, 1.165) is 53.6 Å². The summed E-state index contributed by atoms with van der Waals surface area (Å²) in [4.78, 5) is 47.3. The van der Waals surface area contributed by atoms with Gasteiger partial charge in [-0.1, -0.05) is 50.5 Å². The number of carboxylic acid groups (broad SMARTS) is 1. The molecule has 0 fully saturated rings. The Balaban J connectivity index is 0.000000845. The first-order valence-electron chi connectivity index (χ1n) is 17.2. The maximum Gasteiger partial charge on any atom is 0.490 e. The number of hydrogen-bond donors (Lipinski definition) is 3. The van der Waals surface area contributed by atoms with Crippen molar-refractivity contribution in [3.05, 3.63) is 88.8 Å². The lowest BCUT2D eigenvalue weighted by atomic mass is 10.1. The number of fused-ring (bicyclic) bond motifs is 1. The summed E-state index contributed by atoms with van der Waals surface area (Å²) in [5.74, 6) is -2.58. The average molecular weight is 754 g/mol. The lowest BCUT2D eigenvalue weighted by molar-refractivity contribution is -0.192. The molecular weight excluding hydrogens is 711 g/mol. The van der Waals surface area contributed by atoms with E-state index in [1.807, 2.05) is 37.0 Å². The predicted molar refractivity (Wildman–Crippen MR) is 192 cm³/mol. The fourth-order valence-corrected chi connectivity index (χ4v) is 5.17. The Morgan fingerprint density at radius 1 is 0.926 bits per heavy atom. The molecule has 0 aliphatic heterocycles. The van der Waals surface area contributed by atoms with E-state index in [9.17, 15) is 22.8 Å². The van der Waals surface area contributed by atoms with Gasteiger partial charge in [-0.05, 0) is 61.6 Å². The van der Waals surface area contributed by atoms with E-state index in [4.69, 9.17) is 19.4 Å². The zero-order chi connectivity index (χ0) is 39.3. The molecule has 1 amide bonds. The van der Waals surface area contributed by atoms with Crippen molar-refractivity contribution in [3.8, 4) is 0 Å². The monoisotopic (exact) mass is 753 g/mol. The molecule has 18 heteroatoms. The minimum Gasteiger partial charge on any atom is -0.475 e. The zero-order valence-electron chi connectivity index (χ0n) is 30.3. The molecule has 0 aliphatic rings. The topological polar surface area (TPSA) is 188 Å². The van der Waals surface area contributed by atoms with Gasteiger partial charge in [-0.25, -0.2) is 24.4 Å². The number of carbonyl (C=O) groups excluding carboxylic acids is 2. The second-order valence-electron chi connectivity index (χ2n) is 12.1. The lowest BCUT2D eigenvalue weighted by Crippen LogP contribution is -2.21. The first-order chi connectivity index (χ1) is 25.8. The molecule has 1 aromatic carbocycles. The third-order valence-corrected chi connectivity index (χ3v) is 7.85. The molecule has 0 bridgehead atoms. The minimum absolute atomic E-state index is 0.0746. The number of aryl methyl sites for hydroxylation is 2. The third-order valence-electron chi connectivity index (χ3n) is 7.85. The van der Waals surface area contributed by atoms with E-state index in [1.54, 1.807) is 23.9 Å². The van der Waals surface area contributed by atoms with E-state index < -0.39 is 24.2 Å². The third kappa shape index (κ3) is 12.0. The molecule has 0 unspecified atom stereocenters. The largest absolute Gasteiger partial charge is 0.490 e. The lowest BCUT2D eigenvalue weighted by Gasteiger charge is -2.14. The molecule has 0 spiro atoms. The maximum absolute atomic E-state index is 12.6. The molecule has 3 N–H and O–H groups in total. The van der Waals surface area contributed by atoms with Crippen LogP contribution in [0.25, 0.3) is 11.0 Å². The number of benzene rings is 1. The van der Waals surface area contributed by atoms with E-state index in [1.165, 1.54) is 0 Å². The highest BCUT2D eigenvalue weighted by molar-refractivity contribution is 5.92. The molecule has 0 saturated heterocycles. The van der Waals surface area contributed by atoms with Crippen molar-refractivity contribution in [2.45, 2.75) is 79.2 Å². The molecule has 288 valence electrons. The van der Waals surface area contributed by atoms with Gasteiger partial charge in [0.05, 0.1) is 31.7 Å². The number of aliphatic carboxylic acids is 1. The molecule has 4 aromatic heterocycles. The Kier molecular flexibility index (Phi) is 14.4. The van der Waals surface area contributed by atoms with Gasteiger partial charge in [0.25, 0.3) is 0 Å². The van der Waals surface area contributed by atoms with Crippen LogP contribution in [0.5, 0.6) is 0 Å². The number of amides is 1. The molecule has 5 rings (SSSR count). The fraction of sp³-hybridized carbons (Fsp3) is 0.389. The second kappa shape index (κ2) is 19.1. The molecule has 4 heterocycles. The van der Waals surface area contributed by atoms with Crippen LogP contribution in [0.2, 0.25) is 0 Å². The van der Waals surface area contributed by atoms with Gasteiger partial charge in [0, 0.05) is 30.8 Å². The van der Waals surface area contributed by atoms with Gasteiger partial charge < -0.3 is 19.9 Å². The maximum atomic E-state index is 12.6. The van der Waals surface area contributed by atoms with Crippen LogP contribution in [0.1, 0.15) is 78.1 Å². The van der Waals surface area contributed by atoms with Crippen LogP contribution in [0, 0.1) is 13.8 Å². The summed E-state index contributed by atoms with van der Waals surface area (Å²) < 4.78 is 45.9. The normalized spacial score (nSPS) is 11.1. The number of pyridine rings is 1. The quantitative estimate of drug-likeness (QED) is 0.0761. The summed E-state index contributed by atoms with van der Waals surface area (Å²) in [6, 6.07) is 12.0. The number of carboxylic acids is 1. The highest BCUT2D eigenvalue weighted by Gasteiger charge is 2.38. The SMILES string of the molecule is CCCCCCOC(=O)Nc1cc(C)c(CNc2nc(C(=O)OCC)nc3nn(Cc4ccc(Cn5cccn5)cc4)cc23)c(C)n1.O=C(O)C(F)(F)F. The van der Waals surface area contributed by atoms with Gasteiger partial charge in [0.15, 0.2) is 5.65 Å². The number of aromatic nitrogens is 7. The van der Waals surface area contributed by atoms with Gasteiger partial charge in [-0.2, -0.15) is 28.4 Å². The van der Waals surface area contributed by atoms with Crippen LogP contribution in [-0.4, -0.2) is 77.0 Å². The molecule has 0 radical (unpaired) electrons. The van der Waals surface area contributed by atoms with Crippen molar-refractivity contribution in [1.29, 1.82) is 0 Å². The number of unbranched alkanes of at least 4 members (excludes halogenated alkanes) is 3. The summed E-state index contributed by atoms with van der Waals surface area (Å²) in [7, 11) is 0. The summed E-state index contributed by atoms with van der Waals surface area (Å²) in [5, 5.41) is 22.8. The van der Waals surface area contributed by atoms with Crippen LogP contribution in [-0.2, 0) is 33.9 Å². The van der Waals surface area contributed by atoms with E-state index >= 15 is 0 Å². The van der Waals surface area contributed by atoms with Crippen LogP contribution >= 0.6 is 0 Å². The Labute approximate surface area is 308 Å². The standard InChI is InChI=1S/C34H41N9O4.C2HF3O2/c1-5-7-8-9-17-47-34(45)38-29-18-23(3)27(24(4)37-29)19-35-30-28-22-43(41-31(28)40-32(39-30)33(44)46-6-2)21-26-13-11-25(12-14-26)20-42-16-10-15-36-42;3-2(4,5)1(6)7/h10-16,18,22H,5-9,17,19-21H2,1-4H3,(H,37,38,45)(H,35,39,40,41);(H,6,7). The number of nitrogens with zero attached hydrogens (tertiary/aromatic N) is 7.